The van der Waals surface area contributed by atoms with Gasteiger partial charge in [-0.15, -0.1) is 35.3 Å². The predicted molar refractivity (Wildman–Crippen MR) is 117 cm³/mol. The summed E-state index contributed by atoms with van der Waals surface area (Å²) in [5.41, 5.74) is 1.33. The van der Waals surface area contributed by atoms with Gasteiger partial charge in [-0.3, -0.25) is 4.99 Å². The van der Waals surface area contributed by atoms with Gasteiger partial charge in [0.25, 0.3) is 0 Å². The third kappa shape index (κ3) is 5.50. The van der Waals surface area contributed by atoms with Gasteiger partial charge in [0.2, 0.25) is 0 Å². The van der Waals surface area contributed by atoms with Crippen LogP contribution >= 0.6 is 35.3 Å². The van der Waals surface area contributed by atoms with Gasteiger partial charge in [-0.25, -0.2) is 13.8 Å². The van der Waals surface area contributed by atoms with Crippen LogP contribution in [-0.4, -0.2) is 49.1 Å². The first-order valence-electron chi connectivity index (χ1n) is 8.69. The standard InChI is InChI=1S/C18H23F2N5S.HI/c1-3-17-23-14(12-26-17)11-22-18(21-2)25-8-6-24(7-9-25)16-10-13(19)4-5-15(16)20;/h4-5,10,12H,3,6-9,11H2,1-2H3,(H,21,22);1H. The molecule has 0 atom stereocenters. The van der Waals surface area contributed by atoms with E-state index in [1.165, 1.54) is 12.1 Å². The summed E-state index contributed by atoms with van der Waals surface area (Å²) in [6, 6.07) is 3.57. The van der Waals surface area contributed by atoms with Gasteiger partial charge < -0.3 is 15.1 Å². The maximum Gasteiger partial charge on any atom is 0.194 e. The number of thiazole rings is 1. The monoisotopic (exact) mass is 507 g/mol. The first-order chi connectivity index (χ1) is 12.6. The molecule has 2 aromatic rings. The van der Waals surface area contributed by atoms with Crippen LogP contribution in [0.1, 0.15) is 17.6 Å². The summed E-state index contributed by atoms with van der Waals surface area (Å²) in [4.78, 5) is 12.9. The minimum absolute atomic E-state index is 0. The third-order valence-electron chi connectivity index (χ3n) is 4.37. The van der Waals surface area contributed by atoms with Crippen LogP contribution in [0.5, 0.6) is 0 Å². The molecule has 1 saturated heterocycles. The highest BCUT2D eigenvalue weighted by molar-refractivity contribution is 14.0. The van der Waals surface area contributed by atoms with E-state index in [2.05, 4.69) is 32.5 Å². The highest BCUT2D eigenvalue weighted by atomic mass is 127. The summed E-state index contributed by atoms with van der Waals surface area (Å²) >= 11 is 1.67. The molecule has 9 heteroatoms. The van der Waals surface area contributed by atoms with E-state index in [4.69, 9.17) is 0 Å². The predicted octanol–water partition coefficient (Wildman–Crippen LogP) is 3.50. The molecule has 0 saturated carbocycles. The zero-order valence-corrected chi connectivity index (χ0v) is 18.6. The zero-order valence-electron chi connectivity index (χ0n) is 15.4. The molecule has 0 bridgehead atoms. The van der Waals surface area contributed by atoms with Crippen molar-refractivity contribution in [3.8, 4) is 0 Å². The maximum absolute atomic E-state index is 14.0. The number of halogens is 3. The second kappa shape index (κ2) is 10.2. The Labute approximate surface area is 179 Å². The lowest BCUT2D eigenvalue weighted by Crippen LogP contribution is -2.52. The lowest BCUT2D eigenvalue weighted by atomic mass is 10.2. The van der Waals surface area contributed by atoms with Crippen molar-refractivity contribution < 1.29 is 8.78 Å². The molecular weight excluding hydrogens is 483 g/mol. The molecule has 5 nitrogen and oxygen atoms in total. The topological polar surface area (TPSA) is 43.8 Å². The quantitative estimate of drug-likeness (QED) is 0.391. The molecule has 1 aromatic carbocycles. The molecule has 1 aromatic heterocycles. The van der Waals surface area contributed by atoms with E-state index in [-0.39, 0.29) is 24.0 Å². The van der Waals surface area contributed by atoms with E-state index in [0.717, 1.165) is 29.1 Å². The first kappa shape index (κ1) is 21.8. The first-order valence-corrected chi connectivity index (χ1v) is 9.57. The van der Waals surface area contributed by atoms with Crippen LogP contribution in [0.3, 0.4) is 0 Å². The van der Waals surface area contributed by atoms with Crippen LogP contribution in [0, 0.1) is 11.6 Å². The molecule has 1 aliphatic heterocycles. The zero-order chi connectivity index (χ0) is 18.5. The number of guanidine groups is 1. The van der Waals surface area contributed by atoms with Gasteiger partial charge in [0.15, 0.2) is 5.96 Å². The van der Waals surface area contributed by atoms with Gasteiger partial charge in [0.05, 0.1) is 22.9 Å². The second-order valence-electron chi connectivity index (χ2n) is 6.06. The van der Waals surface area contributed by atoms with E-state index in [1.807, 2.05) is 4.90 Å². The third-order valence-corrected chi connectivity index (χ3v) is 5.41. The molecule has 148 valence electrons. The number of aliphatic imine (C=N–C) groups is 1. The van der Waals surface area contributed by atoms with Gasteiger partial charge in [-0.05, 0) is 18.6 Å². The van der Waals surface area contributed by atoms with Crippen LogP contribution in [-0.2, 0) is 13.0 Å². The van der Waals surface area contributed by atoms with E-state index in [9.17, 15) is 8.78 Å². The van der Waals surface area contributed by atoms with Crippen LogP contribution in [0.25, 0.3) is 0 Å². The summed E-state index contributed by atoms with van der Waals surface area (Å²) < 4.78 is 27.4. The normalized spacial score (nSPS) is 14.9. The molecule has 1 N–H and O–H groups in total. The average molecular weight is 507 g/mol. The largest absolute Gasteiger partial charge is 0.366 e. The Kier molecular flexibility index (Phi) is 8.21. The number of aromatic nitrogens is 1. The molecule has 0 unspecified atom stereocenters. The van der Waals surface area contributed by atoms with Crippen molar-refractivity contribution in [2.45, 2.75) is 19.9 Å². The number of hydrogen-bond acceptors (Lipinski definition) is 4. The Morgan fingerprint density at radius 3 is 2.63 bits per heavy atom. The summed E-state index contributed by atoms with van der Waals surface area (Å²) in [5.74, 6) is -0.0101. The number of aryl methyl sites for hydroxylation is 1. The van der Waals surface area contributed by atoms with Crippen molar-refractivity contribution in [3.63, 3.8) is 0 Å². The Morgan fingerprint density at radius 1 is 1.26 bits per heavy atom. The molecule has 0 radical (unpaired) electrons. The van der Waals surface area contributed by atoms with E-state index >= 15 is 0 Å². The van der Waals surface area contributed by atoms with Crippen molar-refractivity contribution in [1.82, 2.24) is 15.2 Å². The van der Waals surface area contributed by atoms with Crippen LogP contribution < -0.4 is 10.2 Å². The fourth-order valence-electron chi connectivity index (χ4n) is 2.98. The maximum atomic E-state index is 14.0. The van der Waals surface area contributed by atoms with Crippen molar-refractivity contribution >= 4 is 47.0 Å². The summed E-state index contributed by atoms with van der Waals surface area (Å²) in [5, 5.41) is 6.52. The number of piperazine rings is 1. The fourth-order valence-corrected chi connectivity index (χ4v) is 3.73. The Morgan fingerprint density at radius 2 is 2.00 bits per heavy atom. The number of anilines is 1. The van der Waals surface area contributed by atoms with Gasteiger partial charge in [-0.1, -0.05) is 6.92 Å². The Bertz CT molecular complexity index is 775. The van der Waals surface area contributed by atoms with E-state index in [0.29, 0.717) is 38.4 Å². The molecule has 1 fully saturated rings. The molecular formula is C18H24F2IN5S. The molecule has 0 amide bonds. The number of nitrogens with one attached hydrogen (secondary N) is 1. The minimum atomic E-state index is -0.420. The van der Waals surface area contributed by atoms with Crippen molar-refractivity contribution in [2.75, 3.05) is 38.1 Å². The molecule has 1 aliphatic rings. The molecule has 0 aliphatic carbocycles. The highest BCUT2D eigenvalue weighted by Gasteiger charge is 2.22. The van der Waals surface area contributed by atoms with Gasteiger partial charge in [-0.2, -0.15) is 0 Å². The number of rotatable bonds is 4. The van der Waals surface area contributed by atoms with Crippen LogP contribution in [0.4, 0.5) is 14.5 Å². The number of hydrogen-bond donors (Lipinski definition) is 1. The van der Waals surface area contributed by atoms with E-state index < -0.39 is 11.6 Å². The minimum Gasteiger partial charge on any atom is -0.366 e. The summed E-state index contributed by atoms with van der Waals surface area (Å²) in [6.45, 7) is 5.31. The summed E-state index contributed by atoms with van der Waals surface area (Å²) in [6.07, 6.45) is 0.942. The van der Waals surface area contributed by atoms with Crippen LogP contribution in [0.2, 0.25) is 0 Å². The Balaban J connectivity index is 0.00000261. The van der Waals surface area contributed by atoms with Crippen LogP contribution in [0.15, 0.2) is 28.6 Å². The molecule has 27 heavy (non-hydrogen) atoms. The van der Waals surface area contributed by atoms with Gasteiger partial charge in [0.1, 0.15) is 11.6 Å². The lowest BCUT2D eigenvalue weighted by molar-refractivity contribution is 0.370. The molecule has 3 rings (SSSR count). The van der Waals surface area contributed by atoms with Gasteiger partial charge in [0, 0.05) is 44.7 Å². The van der Waals surface area contributed by atoms with E-state index in [1.54, 1.807) is 18.4 Å². The van der Waals surface area contributed by atoms with Gasteiger partial charge >= 0.3 is 0 Å². The second-order valence-corrected chi connectivity index (χ2v) is 7.00. The molecule has 0 spiro atoms. The average Bonchev–Trinajstić information content (AvgIpc) is 3.13. The fraction of sp³-hybridized carbons (Fsp3) is 0.444. The van der Waals surface area contributed by atoms with Crippen molar-refractivity contribution in [2.24, 2.45) is 4.99 Å². The SMILES string of the molecule is CCc1nc(CNC(=NC)N2CCN(c3cc(F)ccc3F)CC2)cs1.I. The number of nitrogens with zero attached hydrogens (tertiary/aromatic N) is 4. The van der Waals surface area contributed by atoms with Crippen molar-refractivity contribution in [3.05, 3.63) is 45.9 Å². The highest BCUT2D eigenvalue weighted by Crippen LogP contribution is 2.22. The molecule has 2 heterocycles. The Hall–Kier alpha value is -1.49. The van der Waals surface area contributed by atoms with Crippen molar-refractivity contribution in [1.29, 1.82) is 0 Å². The summed E-state index contributed by atoms with van der Waals surface area (Å²) in [7, 11) is 1.75. The lowest BCUT2D eigenvalue weighted by Gasteiger charge is -2.37. The smallest absolute Gasteiger partial charge is 0.194 e. The number of benzene rings is 1.